The van der Waals surface area contributed by atoms with Gasteiger partial charge in [-0.2, -0.15) is 9.78 Å². The number of carbonyl (C=O) groups excluding carboxylic acids is 2. The molecule has 3 aromatic rings. The molecular formula is C20H24N8O2. The number of rotatable bonds is 5. The largest absolute Gasteiger partial charge is 0.328 e. The minimum Gasteiger partial charge on any atom is -0.328 e. The summed E-state index contributed by atoms with van der Waals surface area (Å²) in [5, 5.41) is 9.83. The molecule has 0 saturated carbocycles. The predicted molar refractivity (Wildman–Crippen MR) is 113 cm³/mol. The van der Waals surface area contributed by atoms with Gasteiger partial charge >= 0.3 is 6.03 Å². The Morgan fingerprint density at radius 2 is 1.80 bits per heavy atom. The number of hydrogen-bond donors (Lipinski definition) is 2. The van der Waals surface area contributed by atoms with Crippen molar-refractivity contribution in [3.8, 4) is 5.95 Å². The van der Waals surface area contributed by atoms with Gasteiger partial charge in [0.1, 0.15) is 6.33 Å². The third kappa shape index (κ3) is 4.43. The maximum atomic E-state index is 12.6. The molecule has 0 aliphatic carbocycles. The smallest absolute Gasteiger partial charge is 0.319 e. The molecule has 2 heterocycles. The van der Waals surface area contributed by atoms with Crippen molar-refractivity contribution in [3.63, 3.8) is 0 Å². The summed E-state index contributed by atoms with van der Waals surface area (Å²) in [6, 6.07) is 4.56. The van der Waals surface area contributed by atoms with Crippen molar-refractivity contribution in [3.05, 3.63) is 53.9 Å². The van der Waals surface area contributed by atoms with E-state index >= 15 is 0 Å². The maximum absolute atomic E-state index is 12.6. The molecule has 30 heavy (non-hydrogen) atoms. The van der Waals surface area contributed by atoms with E-state index in [1.807, 2.05) is 19.9 Å². The molecule has 0 aliphatic rings. The molecule has 0 saturated heterocycles. The van der Waals surface area contributed by atoms with E-state index in [2.05, 4.69) is 30.7 Å². The second-order valence-corrected chi connectivity index (χ2v) is 6.93. The van der Waals surface area contributed by atoms with Crippen LogP contribution in [0.25, 0.3) is 5.95 Å². The van der Waals surface area contributed by atoms with Gasteiger partial charge in [-0.3, -0.25) is 4.79 Å². The summed E-state index contributed by atoms with van der Waals surface area (Å²) in [5.41, 5.74) is 3.18. The molecule has 1 unspecified atom stereocenters. The number of benzene rings is 1. The molecule has 10 nitrogen and oxygen atoms in total. The Kier molecular flexibility index (Phi) is 6.05. The Labute approximate surface area is 174 Å². The number of urea groups is 1. The highest BCUT2D eigenvalue weighted by atomic mass is 16.2. The zero-order valence-electron chi connectivity index (χ0n) is 17.5. The van der Waals surface area contributed by atoms with E-state index in [1.54, 1.807) is 43.4 Å². The van der Waals surface area contributed by atoms with Gasteiger partial charge in [0, 0.05) is 37.7 Å². The fourth-order valence-electron chi connectivity index (χ4n) is 3.03. The number of anilines is 2. The highest BCUT2D eigenvalue weighted by molar-refractivity contribution is 5.95. The SMILES string of the molecule is CC(=O)N(C)c1cc(NC(=O)NC(C)c2ncnn2-c2ncccn2)c(C)cc1C. The lowest BCUT2D eigenvalue weighted by Crippen LogP contribution is -2.33. The van der Waals surface area contributed by atoms with Crippen LogP contribution < -0.4 is 15.5 Å². The Balaban J connectivity index is 1.76. The van der Waals surface area contributed by atoms with Crippen LogP contribution in [0.5, 0.6) is 0 Å². The van der Waals surface area contributed by atoms with Crippen molar-refractivity contribution in [2.24, 2.45) is 0 Å². The summed E-state index contributed by atoms with van der Waals surface area (Å²) >= 11 is 0. The van der Waals surface area contributed by atoms with Gasteiger partial charge in [-0.15, -0.1) is 0 Å². The summed E-state index contributed by atoms with van der Waals surface area (Å²) in [6.07, 6.45) is 4.60. The number of carbonyl (C=O) groups is 2. The lowest BCUT2D eigenvalue weighted by molar-refractivity contribution is -0.116. The number of nitrogens with one attached hydrogen (secondary N) is 2. The van der Waals surface area contributed by atoms with Gasteiger partial charge in [0.25, 0.3) is 5.95 Å². The van der Waals surface area contributed by atoms with Crippen LogP contribution in [-0.4, -0.2) is 43.7 Å². The van der Waals surface area contributed by atoms with Crippen molar-refractivity contribution < 1.29 is 9.59 Å². The maximum Gasteiger partial charge on any atom is 0.319 e. The van der Waals surface area contributed by atoms with Crippen molar-refractivity contribution in [2.45, 2.75) is 33.7 Å². The van der Waals surface area contributed by atoms with E-state index < -0.39 is 12.1 Å². The molecule has 10 heteroatoms. The topological polar surface area (TPSA) is 118 Å². The molecule has 0 radical (unpaired) electrons. The van der Waals surface area contributed by atoms with Gasteiger partial charge < -0.3 is 15.5 Å². The number of aryl methyl sites for hydroxylation is 2. The molecule has 156 valence electrons. The minimum atomic E-state index is -0.457. The van der Waals surface area contributed by atoms with E-state index in [9.17, 15) is 9.59 Å². The monoisotopic (exact) mass is 408 g/mol. The number of hydrogen-bond acceptors (Lipinski definition) is 6. The van der Waals surface area contributed by atoms with E-state index in [1.165, 1.54) is 17.9 Å². The predicted octanol–water partition coefficient (Wildman–Crippen LogP) is 2.54. The molecular weight excluding hydrogens is 384 g/mol. The molecule has 2 N–H and O–H groups in total. The van der Waals surface area contributed by atoms with Crippen LogP contribution in [0.1, 0.15) is 36.8 Å². The summed E-state index contributed by atoms with van der Waals surface area (Å²) < 4.78 is 1.47. The van der Waals surface area contributed by atoms with Gasteiger partial charge in [0.15, 0.2) is 5.82 Å². The average molecular weight is 408 g/mol. The fourth-order valence-corrected chi connectivity index (χ4v) is 3.03. The second-order valence-electron chi connectivity index (χ2n) is 6.93. The molecule has 0 fully saturated rings. The molecule has 0 spiro atoms. The zero-order chi connectivity index (χ0) is 21.8. The Morgan fingerprint density at radius 1 is 1.10 bits per heavy atom. The van der Waals surface area contributed by atoms with Crippen molar-refractivity contribution >= 4 is 23.3 Å². The molecule has 3 rings (SSSR count). The van der Waals surface area contributed by atoms with Gasteiger partial charge in [0.05, 0.1) is 6.04 Å². The van der Waals surface area contributed by atoms with Crippen LogP contribution in [0.4, 0.5) is 16.2 Å². The lowest BCUT2D eigenvalue weighted by Gasteiger charge is -2.21. The third-order valence-corrected chi connectivity index (χ3v) is 4.68. The molecule has 1 aromatic carbocycles. The van der Waals surface area contributed by atoms with E-state index in [-0.39, 0.29) is 5.91 Å². The van der Waals surface area contributed by atoms with Gasteiger partial charge in [-0.1, -0.05) is 6.07 Å². The Morgan fingerprint density at radius 3 is 2.47 bits per heavy atom. The summed E-state index contributed by atoms with van der Waals surface area (Å²) in [6.45, 7) is 7.10. The molecule has 0 bridgehead atoms. The van der Waals surface area contributed by atoms with Gasteiger partial charge in [0.2, 0.25) is 5.91 Å². The standard InChI is InChI=1S/C20H24N8O2/c1-12-9-13(2)17(27(5)15(4)29)10-16(12)26-20(30)25-14(3)18-23-11-24-28(18)19-21-7-6-8-22-19/h6-11,14H,1-5H3,(H2,25,26,30). The zero-order valence-corrected chi connectivity index (χ0v) is 17.5. The first-order valence-corrected chi connectivity index (χ1v) is 9.38. The van der Waals surface area contributed by atoms with Gasteiger partial charge in [-0.05, 0) is 44.0 Å². The molecule has 2 aromatic heterocycles. The first kappa shape index (κ1) is 20.9. The highest BCUT2D eigenvalue weighted by Gasteiger charge is 2.19. The van der Waals surface area contributed by atoms with Crippen LogP contribution in [-0.2, 0) is 4.79 Å². The van der Waals surface area contributed by atoms with Crippen LogP contribution in [0.15, 0.2) is 36.9 Å². The van der Waals surface area contributed by atoms with Crippen LogP contribution in [0, 0.1) is 13.8 Å². The van der Waals surface area contributed by atoms with Crippen molar-refractivity contribution in [2.75, 3.05) is 17.3 Å². The Hall–Kier alpha value is -3.82. The average Bonchev–Trinajstić information content (AvgIpc) is 3.20. The first-order valence-electron chi connectivity index (χ1n) is 9.38. The summed E-state index contributed by atoms with van der Waals surface area (Å²) in [7, 11) is 1.70. The third-order valence-electron chi connectivity index (χ3n) is 4.68. The first-order chi connectivity index (χ1) is 14.3. The number of nitrogens with zero attached hydrogens (tertiary/aromatic N) is 6. The van der Waals surface area contributed by atoms with E-state index in [0.717, 1.165) is 16.8 Å². The summed E-state index contributed by atoms with van der Waals surface area (Å²) in [4.78, 5) is 38.5. The van der Waals surface area contributed by atoms with Gasteiger partial charge in [-0.25, -0.2) is 19.7 Å². The second kappa shape index (κ2) is 8.68. The minimum absolute atomic E-state index is 0.0894. The van der Waals surface area contributed by atoms with E-state index in [0.29, 0.717) is 17.5 Å². The lowest BCUT2D eigenvalue weighted by atomic mass is 10.1. The number of aromatic nitrogens is 5. The van der Waals surface area contributed by atoms with Crippen LogP contribution >= 0.6 is 0 Å². The van der Waals surface area contributed by atoms with Crippen molar-refractivity contribution in [1.29, 1.82) is 0 Å². The van der Waals surface area contributed by atoms with E-state index in [4.69, 9.17) is 0 Å². The van der Waals surface area contributed by atoms with Crippen LogP contribution in [0.2, 0.25) is 0 Å². The summed E-state index contributed by atoms with van der Waals surface area (Å²) in [5.74, 6) is 0.771. The fraction of sp³-hybridized carbons (Fsp3) is 0.300. The highest BCUT2D eigenvalue weighted by Crippen LogP contribution is 2.27. The van der Waals surface area contributed by atoms with Crippen molar-refractivity contribution in [1.82, 2.24) is 30.0 Å². The van der Waals surface area contributed by atoms with Crippen LogP contribution in [0.3, 0.4) is 0 Å². The molecule has 3 amide bonds. The quantitative estimate of drug-likeness (QED) is 0.670. The molecule has 1 atom stereocenters. The normalized spacial score (nSPS) is 11.6. The Bertz CT molecular complexity index is 1060. The molecule has 0 aliphatic heterocycles. The number of amides is 3.